The molecular weight excluding hydrogens is 246 g/mol. The number of hydrogen-bond donors (Lipinski definition) is 2. The molecule has 6 nitrogen and oxygen atoms in total. The molecule has 2 amide bonds. The summed E-state index contributed by atoms with van der Waals surface area (Å²) in [4.78, 5) is 25.5. The van der Waals surface area contributed by atoms with Crippen molar-refractivity contribution in [3.63, 3.8) is 0 Å². The first-order chi connectivity index (χ1) is 9.20. The van der Waals surface area contributed by atoms with Crippen LogP contribution in [0.2, 0.25) is 0 Å². The first-order valence-electron chi connectivity index (χ1n) is 7.01. The average molecular weight is 269 g/mol. The Morgan fingerprint density at radius 3 is 2.63 bits per heavy atom. The maximum atomic E-state index is 12.2. The predicted molar refractivity (Wildman–Crippen MR) is 70.6 cm³/mol. The topological polar surface area (TPSA) is 70.7 Å². The van der Waals surface area contributed by atoms with E-state index in [-0.39, 0.29) is 30.5 Å². The fourth-order valence-corrected chi connectivity index (χ4v) is 2.76. The molecule has 2 saturated heterocycles. The Balaban J connectivity index is 1.72. The number of rotatable bonds is 4. The van der Waals surface area contributed by atoms with Crippen molar-refractivity contribution in [2.24, 2.45) is 0 Å². The zero-order valence-electron chi connectivity index (χ0n) is 11.5. The van der Waals surface area contributed by atoms with Gasteiger partial charge in [-0.1, -0.05) is 0 Å². The Morgan fingerprint density at radius 1 is 1.32 bits per heavy atom. The van der Waals surface area contributed by atoms with Crippen LogP contribution in [0.3, 0.4) is 0 Å². The van der Waals surface area contributed by atoms with Gasteiger partial charge in [0.15, 0.2) is 0 Å². The van der Waals surface area contributed by atoms with Gasteiger partial charge in [-0.15, -0.1) is 0 Å². The fraction of sp³-hybridized carbons (Fsp3) is 0.846. The highest BCUT2D eigenvalue weighted by Crippen LogP contribution is 2.15. The maximum Gasteiger partial charge on any atom is 0.246 e. The SMILES string of the molecule is COCC(=O)NC1CCN(C(=O)C2CCCN2)CC1. The third kappa shape index (κ3) is 3.91. The lowest BCUT2D eigenvalue weighted by Gasteiger charge is -2.33. The van der Waals surface area contributed by atoms with Crippen molar-refractivity contribution in [1.29, 1.82) is 0 Å². The van der Waals surface area contributed by atoms with Gasteiger partial charge in [-0.3, -0.25) is 9.59 Å². The summed E-state index contributed by atoms with van der Waals surface area (Å²) in [6.07, 6.45) is 3.69. The molecule has 6 heteroatoms. The van der Waals surface area contributed by atoms with Gasteiger partial charge < -0.3 is 20.3 Å². The molecule has 108 valence electrons. The summed E-state index contributed by atoms with van der Waals surface area (Å²) < 4.78 is 4.79. The third-order valence-corrected chi connectivity index (χ3v) is 3.81. The van der Waals surface area contributed by atoms with Crippen molar-refractivity contribution < 1.29 is 14.3 Å². The van der Waals surface area contributed by atoms with Gasteiger partial charge in [-0.25, -0.2) is 0 Å². The standard InChI is InChI=1S/C13H23N3O3/c1-19-9-12(17)15-10-4-7-16(8-5-10)13(18)11-3-2-6-14-11/h10-11,14H,2-9H2,1H3,(H,15,17). The highest BCUT2D eigenvalue weighted by atomic mass is 16.5. The second-order valence-corrected chi connectivity index (χ2v) is 5.25. The average Bonchev–Trinajstić information content (AvgIpc) is 2.93. The first-order valence-corrected chi connectivity index (χ1v) is 7.01. The molecule has 0 aliphatic carbocycles. The number of piperidine rings is 1. The van der Waals surface area contributed by atoms with Crippen molar-refractivity contribution in [3.05, 3.63) is 0 Å². The van der Waals surface area contributed by atoms with Crippen molar-refractivity contribution in [2.45, 2.75) is 37.8 Å². The van der Waals surface area contributed by atoms with E-state index < -0.39 is 0 Å². The number of nitrogens with one attached hydrogen (secondary N) is 2. The summed E-state index contributed by atoms with van der Waals surface area (Å²) in [5.74, 6) is 0.143. The monoisotopic (exact) mass is 269 g/mol. The second-order valence-electron chi connectivity index (χ2n) is 5.25. The molecule has 0 aromatic heterocycles. The molecule has 0 aromatic carbocycles. The highest BCUT2D eigenvalue weighted by Gasteiger charge is 2.30. The Bertz CT molecular complexity index is 321. The Labute approximate surface area is 113 Å². The normalized spacial score (nSPS) is 24.5. The fourth-order valence-electron chi connectivity index (χ4n) is 2.76. The minimum Gasteiger partial charge on any atom is -0.375 e. The Kier molecular flexibility index (Phi) is 5.15. The van der Waals surface area contributed by atoms with Crippen LogP contribution in [0.4, 0.5) is 0 Å². The minimum atomic E-state index is -0.0789. The molecule has 2 fully saturated rings. The van der Waals surface area contributed by atoms with Crippen molar-refractivity contribution in [2.75, 3.05) is 33.4 Å². The van der Waals surface area contributed by atoms with E-state index in [1.165, 1.54) is 7.11 Å². The number of methoxy groups -OCH3 is 1. The first kappa shape index (κ1) is 14.3. The summed E-state index contributed by atoms with van der Waals surface area (Å²) in [6, 6.07) is 0.183. The van der Waals surface area contributed by atoms with Crippen LogP contribution in [0.5, 0.6) is 0 Å². The van der Waals surface area contributed by atoms with Gasteiger partial charge in [0.25, 0.3) is 0 Å². The van der Waals surface area contributed by atoms with E-state index in [0.29, 0.717) is 0 Å². The molecule has 0 bridgehead atoms. The van der Waals surface area contributed by atoms with E-state index in [1.54, 1.807) is 0 Å². The van der Waals surface area contributed by atoms with E-state index in [0.717, 1.165) is 45.3 Å². The van der Waals surface area contributed by atoms with Crippen molar-refractivity contribution in [1.82, 2.24) is 15.5 Å². The van der Waals surface area contributed by atoms with Crippen molar-refractivity contribution >= 4 is 11.8 Å². The molecule has 0 saturated carbocycles. The summed E-state index contributed by atoms with van der Waals surface area (Å²) in [6.45, 7) is 2.51. The van der Waals surface area contributed by atoms with Gasteiger partial charge in [0.1, 0.15) is 6.61 Å². The van der Waals surface area contributed by atoms with Gasteiger partial charge in [0.2, 0.25) is 11.8 Å². The smallest absolute Gasteiger partial charge is 0.246 e. The van der Waals surface area contributed by atoms with Gasteiger partial charge in [-0.2, -0.15) is 0 Å². The van der Waals surface area contributed by atoms with Gasteiger partial charge in [-0.05, 0) is 32.2 Å². The summed E-state index contributed by atoms with van der Waals surface area (Å²) in [5.41, 5.74) is 0. The zero-order chi connectivity index (χ0) is 13.7. The zero-order valence-corrected chi connectivity index (χ0v) is 11.5. The molecule has 2 rings (SSSR count). The van der Waals surface area contributed by atoms with Crippen LogP contribution >= 0.6 is 0 Å². The largest absolute Gasteiger partial charge is 0.375 e. The Hall–Kier alpha value is -1.14. The van der Waals surface area contributed by atoms with Crippen LogP contribution < -0.4 is 10.6 Å². The number of ether oxygens (including phenoxy) is 1. The molecule has 2 heterocycles. The van der Waals surface area contributed by atoms with Gasteiger partial charge >= 0.3 is 0 Å². The number of nitrogens with zero attached hydrogens (tertiary/aromatic N) is 1. The molecule has 0 radical (unpaired) electrons. The van der Waals surface area contributed by atoms with E-state index >= 15 is 0 Å². The second kappa shape index (κ2) is 6.86. The molecule has 2 N–H and O–H groups in total. The molecule has 0 aromatic rings. The lowest BCUT2D eigenvalue weighted by atomic mass is 10.0. The third-order valence-electron chi connectivity index (χ3n) is 3.81. The highest BCUT2D eigenvalue weighted by molar-refractivity contribution is 5.82. The molecule has 0 spiro atoms. The molecular formula is C13H23N3O3. The molecule has 19 heavy (non-hydrogen) atoms. The van der Waals surface area contributed by atoms with E-state index in [1.807, 2.05) is 4.90 Å². The molecule has 1 atom stereocenters. The lowest BCUT2D eigenvalue weighted by Crippen LogP contribution is -2.51. The quantitative estimate of drug-likeness (QED) is 0.721. The molecule has 2 aliphatic heterocycles. The van der Waals surface area contributed by atoms with E-state index in [4.69, 9.17) is 4.74 Å². The van der Waals surface area contributed by atoms with Crippen LogP contribution in [-0.4, -0.2) is 62.1 Å². The molecule has 2 aliphatic rings. The van der Waals surface area contributed by atoms with E-state index in [2.05, 4.69) is 10.6 Å². The summed E-state index contributed by atoms with van der Waals surface area (Å²) >= 11 is 0. The van der Waals surface area contributed by atoms with Gasteiger partial charge in [0, 0.05) is 26.2 Å². The summed E-state index contributed by atoms with van der Waals surface area (Å²) in [5, 5.41) is 6.17. The van der Waals surface area contributed by atoms with Crippen molar-refractivity contribution in [3.8, 4) is 0 Å². The minimum absolute atomic E-state index is 0.0135. The van der Waals surface area contributed by atoms with Crippen LogP contribution in [0.15, 0.2) is 0 Å². The van der Waals surface area contributed by atoms with Gasteiger partial charge in [0.05, 0.1) is 6.04 Å². The lowest BCUT2D eigenvalue weighted by molar-refractivity contribution is -0.134. The predicted octanol–water partition coefficient (Wildman–Crippen LogP) is -0.508. The van der Waals surface area contributed by atoms with E-state index in [9.17, 15) is 9.59 Å². The number of likely N-dealkylation sites (tertiary alicyclic amines) is 1. The number of carbonyl (C=O) groups is 2. The number of hydrogen-bond acceptors (Lipinski definition) is 4. The Morgan fingerprint density at radius 2 is 2.05 bits per heavy atom. The molecule has 1 unspecified atom stereocenters. The number of amides is 2. The summed E-state index contributed by atoms with van der Waals surface area (Å²) in [7, 11) is 1.51. The van der Waals surface area contributed by atoms with Crippen LogP contribution in [0.1, 0.15) is 25.7 Å². The van der Waals surface area contributed by atoms with Crippen LogP contribution in [-0.2, 0) is 14.3 Å². The van der Waals surface area contributed by atoms with Crippen LogP contribution in [0, 0.1) is 0 Å². The number of carbonyl (C=O) groups excluding carboxylic acids is 2. The van der Waals surface area contributed by atoms with Crippen LogP contribution in [0.25, 0.3) is 0 Å². The maximum absolute atomic E-state index is 12.2.